The summed E-state index contributed by atoms with van der Waals surface area (Å²) in [6.45, 7) is 3.88. The maximum absolute atomic E-state index is 14.5. The zero-order valence-corrected chi connectivity index (χ0v) is 20.6. The monoisotopic (exact) mass is 500 g/mol. The third-order valence-electron chi connectivity index (χ3n) is 5.36. The van der Waals surface area contributed by atoms with E-state index in [9.17, 15) is 14.0 Å². The van der Waals surface area contributed by atoms with Gasteiger partial charge in [-0.05, 0) is 49.2 Å². The molecular weight excluding hydrogens is 474 g/mol. The summed E-state index contributed by atoms with van der Waals surface area (Å²) in [5.74, 6) is -1.24. The topological polar surface area (TPSA) is 49.4 Å². The molecule has 0 aliphatic heterocycles. The number of carbonyl (C=O) groups excluding carboxylic acids is 2. The van der Waals surface area contributed by atoms with E-state index < -0.39 is 17.8 Å². The Morgan fingerprint density at radius 3 is 2.21 bits per heavy atom. The second-order valence-corrected chi connectivity index (χ2v) is 9.24. The molecule has 0 fully saturated rings. The first kappa shape index (κ1) is 25.7. The summed E-state index contributed by atoms with van der Waals surface area (Å²) in [7, 11) is 0. The minimum absolute atomic E-state index is 0.109. The van der Waals surface area contributed by atoms with Gasteiger partial charge in [-0.1, -0.05) is 71.7 Å². The predicted molar refractivity (Wildman–Crippen MR) is 134 cm³/mol. The predicted octanol–water partition coefficient (Wildman–Crippen LogP) is 5.84. The third-order valence-corrected chi connectivity index (χ3v) is 5.96. The summed E-state index contributed by atoms with van der Waals surface area (Å²) in [6, 6.07) is 19.9. The Balaban J connectivity index is 2.00. The summed E-state index contributed by atoms with van der Waals surface area (Å²) in [4.78, 5) is 28.4. The molecule has 7 heteroatoms. The van der Waals surface area contributed by atoms with Gasteiger partial charge in [0, 0.05) is 34.6 Å². The minimum atomic E-state index is -0.807. The van der Waals surface area contributed by atoms with Crippen molar-refractivity contribution in [3.8, 4) is 0 Å². The Morgan fingerprint density at radius 2 is 1.59 bits per heavy atom. The Labute approximate surface area is 209 Å². The van der Waals surface area contributed by atoms with E-state index in [0.717, 1.165) is 11.1 Å². The van der Waals surface area contributed by atoms with Crippen molar-refractivity contribution in [3.63, 3.8) is 0 Å². The first-order valence-electron chi connectivity index (χ1n) is 11.1. The van der Waals surface area contributed by atoms with Crippen LogP contribution in [0.4, 0.5) is 4.39 Å². The van der Waals surface area contributed by atoms with Crippen molar-refractivity contribution in [1.82, 2.24) is 10.2 Å². The highest BCUT2D eigenvalue weighted by Crippen LogP contribution is 2.23. The number of nitrogens with zero attached hydrogens (tertiary/aromatic N) is 1. The summed E-state index contributed by atoms with van der Waals surface area (Å²) in [5.41, 5.74) is 1.81. The van der Waals surface area contributed by atoms with Gasteiger partial charge < -0.3 is 10.2 Å². The Kier molecular flexibility index (Phi) is 9.08. The molecule has 4 nitrogen and oxygen atoms in total. The molecule has 0 aliphatic carbocycles. The fourth-order valence-corrected chi connectivity index (χ4v) is 4.03. The molecule has 3 aromatic carbocycles. The van der Waals surface area contributed by atoms with Crippen molar-refractivity contribution in [2.24, 2.45) is 0 Å². The van der Waals surface area contributed by atoms with Crippen molar-refractivity contribution in [2.75, 3.05) is 0 Å². The zero-order chi connectivity index (χ0) is 24.7. The summed E-state index contributed by atoms with van der Waals surface area (Å²) >= 11 is 12.2. The molecule has 178 valence electrons. The molecule has 1 N–H and O–H groups in total. The van der Waals surface area contributed by atoms with Gasteiger partial charge in [0.25, 0.3) is 0 Å². The normalized spacial score (nSPS) is 11.8. The van der Waals surface area contributed by atoms with Gasteiger partial charge in [0.05, 0.1) is 6.42 Å². The molecule has 0 aliphatic rings. The van der Waals surface area contributed by atoms with Crippen LogP contribution in [0.3, 0.4) is 0 Å². The quantitative estimate of drug-likeness (QED) is 0.401. The van der Waals surface area contributed by atoms with Gasteiger partial charge in [-0.25, -0.2) is 4.39 Å². The van der Waals surface area contributed by atoms with Gasteiger partial charge >= 0.3 is 0 Å². The number of carbonyl (C=O) groups is 2. The number of benzene rings is 3. The highest BCUT2D eigenvalue weighted by molar-refractivity contribution is 6.31. The summed E-state index contributed by atoms with van der Waals surface area (Å²) < 4.78 is 14.5. The van der Waals surface area contributed by atoms with Gasteiger partial charge in [-0.3, -0.25) is 9.59 Å². The second kappa shape index (κ2) is 12.0. The average Bonchev–Trinajstić information content (AvgIpc) is 2.80. The van der Waals surface area contributed by atoms with E-state index in [1.807, 2.05) is 44.2 Å². The minimum Gasteiger partial charge on any atom is -0.352 e. The van der Waals surface area contributed by atoms with Gasteiger partial charge in [-0.2, -0.15) is 0 Å². The average molecular weight is 501 g/mol. The number of rotatable bonds is 9. The third kappa shape index (κ3) is 7.05. The van der Waals surface area contributed by atoms with Crippen LogP contribution in [0.25, 0.3) is 0 Å². The maximum Gasteiger partial charge on any atom is 0.243 e. The lowest BCUT2D eigenvalue weighted by atomic mass is 10.0. The molecular formula is C27H27Cl2FN2O2. The SMILES string of the molecule is CC(C)NC(=O)[C@@H](Cc1ccccc1)N(Cc1ccc(Cl)cc1)C(=O)Cc1c(F)cccc1Cl. The maximum atomic E-state index is 14.5. The lowest BCUT2D eigenvalue weighted by Crippen LogP contribution is -2.52. The Morgan fingerprint density at radius 1 is 0.912 bits per heavy atom. The van der Waals surface area contributed by atoms with Crippen LogP contribution >= 0.6 is 23.2 Å². The van der Waals surface area contributed by atoms with Gasteiger partial charge in [0.2, 0.25) is 11.8 Å². The smallest absolute Gasteiger partial charge is 0.243 e. The van der Waals surface area contributed by atoms with Crippen LogP contribution in [0.5, 0.6) is 0 Å². The fraction of sp³-hybridized carbons (Fsp3) is 0.259. The van der Waals surface area contributed by atoms with Gasteiger partial charge in [-0.15, -0.1) is 0 Å². The van der Waals surface area contributed by atoms with Crippen molar-refractivity contribution < 1.29 is 14.0 Å². The van der Waals surface area contributed by atoms with E-state index in [-0.39, 0.29) is 35.5 Å². The van der Waals surface area contributed by atoms with Crippen LogP contribution in [-0.2, 0) is 29.0 Å². The number of hydrogen-bond acceptors (Lipinski definition) is 2. The molecule has 0 heterocycles. The molecule has 2 amide bonds. The second-order valence-electron chi connectivity index (χ2n) is 8.39. The van der Waals surface area contributed by atoms with E-state index in [2.05, 4.69) is 5.32 Å². The molecule has 1 atom stereocenters. The molecule has 0 spiro atoms. The van der Waals surface area contributed by atoms with Crippen molar-refractivity contribution in [1.29, 1.82) is 0 Å². The van der Waals surface area contributed by atoms with Crippen LogP contribution in [0.1, 0.15) is 30.5 Å². The molecule has 0 bridgehead atoms. The molecule has 0 saturated heterocycles. The molecule has 3 aromatic rings. The molecule has 0 aromatic heterocycles. The number of halogens is 3. The largest absolute Gasteiger partial charge is 0.352 e. The molecule has 34 heavy (non-hydrogen) atoms. The standard InChI is InChI=1S/C27H27Cl2FN2O2/c1-18(2)31-27(34)25(15-19-7-4-3-5-8-19)32(17-20-11-13-21(28)14-12-20)26(33)16-22-23(29)9-6-10-24(22)30/h3-14,18,25H,15-17H2,1-2H3,(H,31,34)/t25-/m1/s1. The van der Waals surface area contributed by atoms with Gasteiger partial charge in [0.15, 0.2) is 0 Å². The highest BCUT2D eigenvalue weighted by atomic mass is 35.5. The summed E-state index contributed by atoms with van der Waals surface area (Å²) in [6.07, 6.45) is 0.0447. The summed E-state index contributed by atoms with van der Waals surface area (Å²) in [5, 5.41) is 3.67. The lowest BCUT2D eigenvalue weighted by Gasteiger charge is -2.32. The molecule has 0 saturated carbocycles. The molecule has 0 unspecified atom stereocenters. The first-order valence-corrected chi connectivity index (χ1v) is 11.8. The van der Waals surface area contributed by atoms with Crippen molar-refractivity contribution in [3.05, 3.63) is 105 Å². The fourth-order valence-electron chi connectivity index (χ4n) is 3.68. The highest BCUT2D eigenvalue weighted by Gasteiger charge is 2.31. The van der Waals surface area contributed by atoms with Crippen LogP contribution in [0.2, 0.25) is 10.0 Å². The first-order chi connectivity index (χ1) is 16.2. The van der Waals surface area contributed by atoms with Crippen molar-refractivity contribution in [2.45, 2.75) is 45.3 Å². The van der Waals surface area contributed by atoms with E-state index in [0.29, 0.717) is 11.4 Å². The van der Waals surface area contributed by atoms with Crippen molar-refractivity contribution >= 4 is 35.0 Å². The number of hydrogen-bond donors (Lipinski definition) is 1. The van der Waals surface area contributed by atoms with Gasteiger partial charge in [0.1, 0.15) is 11.9 Å². The molecule has 0 radical (unpaired) electrons. The van der Waals surface area contributed by atoms with E-state index in [4.69, 9.17) is 23.2 Å². The van der Waals surface area contributed by atoms with Crippen LogP contribution in [-0.4, -0.2) is 28.8 Å². The molecule has 3 rings (SSSR count). The zero-order valence-electron chi connectivity index (χ0n) is 19.1. The number of amides is 2. The van der Waals surface area contributed by atoms with E-state index >= 15 is 0 Å². The Hall–Kier alpha value is -2.89. The van der Waals surface area contributed by atoms with E-state index in [1.165, 1.54) is 17.0 Å². The van der Waals surface area contributed by atoms with E-state index in [1.54, 1.807) is 30.3 Å². The Bertz CT molecular complexity index is 1100. The van der Waals surface area contributed by atoms with Crippen LogP contribution < -0.4 is 5.32 Å². The lowest BCUT2D eigenvalue weighted by molar-refractivity contribution is -0.141. The number of nitrogens with one attached hydrogen (secondary N) is 1. The van der Waals surface area contributed by atoms with Crippen LogP contribution in [0.15, 0.2) is 72.8 Å². The van der Waals surface area contributed by atoms with Crippen LogP contribution in [0, 0.1) is 5.82 Å².